The highest BCUT2D eigenvalue weighted by molar-refractivity contribution is 7.64. The Kier molecular flexibility index (Phi) is 4.95. The van der Waals surface area contributed by atoms with Gasteiger partial charge in [0, 0.05) is 5.88 Å². The minimum atomic E-state index is -2.41. The molecule has 1 unspecified atom stereocenters. The van der Waals surface area contributed by atoms with Crippen LogP contribution in [0.2, 0.25) is 6.04 Å². The maximum atomic E-state index is 5.62. The minimum Gasteiger partial charge on any atom is -0.126 e. The Labute approximate surface area is 75.5 Å². The number of halogens is 4. The van der Waals surface area contributed by atoms with Crippen molar-refractivity contribution >= 4 is 50.8 Å². The summed E-state index contributed by atoms with van der Waals surface area (Å²) in [6, 6.07) is -1.76. The van der Waals surface area contributed by atoms with Gasteiger partial charge in [-0.05, 0) is 12.0 Å². The zero-order valence-corrected chi connectivity index (χ0v) is 9.03. The maximum absolute atomic E-state index is 5.62. The first kappa shape index (κ1) is 10.4. The van der Waals surface area contributed by atoms with Gasteiger partial charge in [0.2, 0.25) is 0 Å². The SMILES string of the molecule is CC(CCl)C[Si](Cl)(Cl)Cl. The second kappa shape index (κ2) is 4.30. The van der Waals surface area contributed by atoms with E-state index in [0.717, 1.165) is 0 Å². The number of hydrogen-bond acceptors (Lipinski definition) is 0. The molecular weight excluding hydrogens is 218 g/mol. The Balaban J connectivity index is 3.47. The van der Waals surface area contributed by atoms with Crippen LogP contribution in [0.1, 0.15) is 6.92 Å². The van der Waals surface area contributed by atoms with Gasteiger partial charge in [0.15, 0.2) is 0 Å². The van der Waals surface area contributed by atoms with E-state index in [2.05, 4.69) is 0 Å². The molecule has 0 nitrogen and oxygen atoms in total. The molecule has 0 aromatic rings. The Morgan fingerprint density at radius 1 is 1.33 bits per heavy atom. The van der Waals surface area contributed by atoms with Gasteiger partial charge < -0.3 is 0 Å². The third kappa shape index (κ3) is 7.27. The van der Waals surface area contributed by atoms with Gasteiger partial charge in [-0.1, -0.05) is 6.92 Å². The van der Waals surface area contributed by atoms with Crippen molar-refractivity contribution in [3.05, 3.63) is 0 Å². The summed E-state index contributed by atoms with van der Waals surface area (Å²) >= 11 is 22.4. The summed E-state index contributed by atoms with van der Waals surface area (Å²) in [5, 5.41) is 0. The topological polar surface area (TPSA) is 0 Å². The molecular formula is C4H8Cl4Si. The fourth-order valence-corrected chi connectivity index (χ4v) is 4.05. The Morgan fingerprint density at radius 2 is 1.78 bits per heavy atom. The molecule has 56 valence electrons. The summed E-state index contributed by atoms with van der Waals surface area (Å²) in [5.41, 5.74) is 0. The van der Waals surface area contributed by atoms with Crippen molar-refractivity contribution in [1.29, 1.82) is 0 Å². The van der Waals surface area contributed by atoms with Crippen molar-refractivity contribution in [2.45, 2.75) is 13.0 Å². The molecule has 0 fully saturated rings. The molecule has 0 amide bonds. The lowest BCUT2D eigenvalue weighted by Crippen LogP contribution is -2.14. The van der Waals surface area contributed by atoms with Gasteiger partial charge in [0.25, 0.3) is 0 Å². The highest BCUT2D eigenvalue weighted by Crippen LogP contribution is 2.29. The summed E-state index contributed by atoms with van der Waals surface area (Å²) in [6.07, 6.45) is 0. The average Bonchev–Trinajstić information content (AvgIpc) is 1.62. The second-order valence-electron chi connectivity index (χ2n) is 2.08. The molecule has 9 heavy (non-hydrogen) atoms. The second-order valence-corrected chi connectivity index (χ2v) is 11.6. The highest BCUT2D eigenvalue weighted by Gasteiger charge is 2.26. The van der Waals surface area contributed by atoms with Gasteiger partial charge in [0.05, 0.1) is 0 Å². The third-order valence-electron chi connectivity index (χ3n) is 0.843. The average molecular weight is 226 g/mol. The van der Waals surface area contributed by atoms with Gasteiger partial charge in [-0.15, -0.1) is 44.8 Å². The van der Waals surface area contributed by atoms with Gasteiger partial charge >= 0.3 is 6.00 Å². The first-order chi connectivity index (χ1) is 3.95. The monoisotopic (exact) mass is 224 g/mol. The van der Waals surface area contributed by atoms with E-state index in [-0.39, 0.29) is 0 Å². The number of rotatable bonds is 3. The lowest BCUT2D eigenvalue weighted by molar-refractivity contribution is 0.739. The van der Waals surface area contributed by atoms with E-state index in [1.807, 2.05) is 6.92 Å². The van der Waals surface area contributed by atoms with E-state index in [4.69, 9.17) is 44.8 Å². The van der Waals surface area contributed by atoms with E-state index in [0.29, 0.717) is 17.8 Å². The zero-order chi connectivity index (χ0) is 7.49. The van der Waals surface area contributed by atoms with Crippen LogP contribution in [-0.2, 0) is 0 Å². The predicted octanol–water partition coefficient (Wildman–Crippen LogP) is 3.52. The van der Waals surface area contributed by atoms with E-state index in [1.165, 1.54) is 0 Å². The molecule has 0 spiro atoms. The van der Waals surface area contributed by atoms with Crippen molar-refractivity contribution in [2.24, 2.45) is 5.92 Å². The van der Waals surface area contributed by atoms with Crippen LogP contribution < -0.4 is 0 Å². The molecule has 0 bridgehead atoms. The van der Waals surface area contributed by atoms with Gasteiger partial charge in [-0.2, -0.15) is 0 Å². The predicted molar refractivity (Wildman–Crippen MR) is 48.0 cm³/mol. The molecule has 0 aliphatic heterocycles. The summed E-state index contributed by atoms with van der Waals surface area (Å²) in [4.78, 5) is 0. The van der Waals surface area contributed by atoms with Crippen molar-refractivity contribution < 1.29 is 0 Å². The number of hydrogen-bond donors (Lipinski definition) is 0. The molecule has 5 heteroatoms. The molecule has 0 N–H and O–H groups in total. The van der Waals surface area contributed by atoms with Crippen LogP contribution in [0.5, 0.6) is 0 Å². The van der Waals surface area contributed by atoms with Crippen molar-refractivity contribution in [3.8, 4) is 0 Å². The quantitative estimate of drug-likeness (QED) is 0.392. The van der Waals surface area contributed by atoms with Crippen molar-refractivity contribution in [3.63, 3.8) is 0 Å². The number of alkyl halides is 1. The van der Waals surface area contributed by atoms with Gasteiger partial charge in [0.1, 0.15) is 0 Å². The molecule has 0 saturated carbocycles. The maximum Gasteiger partial charge on any atom is 0.341 e. The molecule has 0 radical (unpaired) electrons. The molecule has 1 atom stereocenters. The van der Waals surface area contributed by atoms with Crippen LogP contribution in [0.4, 0.5) is 0 Å². The largest absolute Gasteiger partial charge is 0.341 e. The summed E-state index contributed by atoms with van der Waals surface area (Å²) in [5.74, 6) is 0.895. The van der Waals surface area contributed by atoms with E-state index >= 15 is 0 Å². The molecule has 0 heterocycles. The summed E-state index contributed by atoms with van der Waals surface area (Å²) in [7, 11) is 0. The fraction of sp³-hybridized carbons (Fsp3) is 1.00. The van der Waals surface area contributed by atoms with Gasteiger partial charge in [-0.25, -0.2) is 0 Å². The Morgan fingerprint density at radius 3 is 1.89 bits per heavy atom. The standard InChI is InChI=1S/C4H8Cl4Si/c1-4(2-5)3-9(6,7)8/h4H,2-3H2,1H3. The molecule has 0 rings (SSSR count). The van der Waals surface area contributed by atoms with Gasteiger partial charge in [-0.3, -0.25) is 0 Å². The summed E-state index contributed by atoms with van der Waals surface area (Å²) in [6.45, 7) is 1.97. The normalized spacial score (nSPS) is 15.7. The van der Waals surface area contributed by atoms with E-state index in [9.17, 15) is 0 Å². The van der Waals surface area contributed by atoms with E-state index in [1.54, 1.807) is 0 Å². The lowest BCUT2D eigenvalue weighted by atomic mass is 10.3. The van der Waals surface area contributed by atoms with Crippen LogP contribution in [0.3, 0.4) is 0 Å². The first-order valence-corrected chi connectivity index (χ1v) is 8.36. The molecule has 0 aromatic carbocycles. The highest BCUT2D eigenvalue weighted by atomic mass is 35.8. The third-order valence-corrected chi connectivity index (χ3v) is 3.92. The van der Waals surface area contributed by atoms with E-state index < -0.39 is 6.00 Å². The van der Waals surface area contributed by atoms with Crippen LogP contribution in [0.25, 0.3) is 0 Å². The molecule has 0 saturated heterocycles. The lowest BCUT2D eigenvalue weighted by Gasteiger charge is -2.11. The van der Waals surface area contributed by atoms with Crippen molar-refractivity contribution in [1.82, 2.24) is 0 Å². The summed E-state index contributed by atoms with van der Waals surface area (Å²) < 4.78 is 0. The van der Waals surface area contributed by atoms with Crippen LogP contribution in [-0.4, -0.2) is 11.9 Å². The Hall–Kier alpha value is 1.38. The smallest absolute Gasteiger partial charge is 0.126 e. The minimum absolute atomic E-state index is 0.325. The Bertz CT molecular complexity index is 79.1. The van der Waals surface area contributed by atoms with Crippen LogP contribution >= 0.6 is 44.8 Å². The molecule has 0 aliphatic rings. The first-order valence-electron chi connectivity index (χ1n) is 2.58. The zero-order valence-electron chi connectivity index (χ0n) is 5.00. The fourth-order valence-electron chi connectivity index (χ4n) is 0.450. The molecule has 0 aromatic heterocycles. The molecule has 0 aliphatic carbocycles. The van der Waals surface area contributed by atoms with Crippen molar-refractivity contribution in [2.75, 3.05) is 5.88 Å². The van der Waals surface area contributed by atoms with Crippen LogP contribution in [0.15, 0.2) is 0 Å². The van der Waals surface area contributed by atoms with Crippen LogP contribution in [0, 0.1) is 5.92 Å².